The standard InChI is InChI=1S/C20H38N2O2/c1-20(2,3)24-19(23)22-15-18(17-12-8-9-13-17)21-14-16-10-6-4-5-7-11-16/h16-18,21H,4-15H2,1-3H3,(H,22,23). The summed E-state index contributed by atoms with van der Waals surface area (Å²) in [5.41, 5.74) is -0.430. The Morgan fingerprint density at radius 3 is 2.17 bits per heavy atom. The smallest absolute Gasteiger partial charge is 0.407 e. The first-order valence-electron chi connectivity index (χ1n) is 10.1. The summed E-state index contributed by atoms with van der Waals surface area (Å²) >= 11 is 0. The first kappa shape index (κ1) is 19.6. The molecule has 0 aromatic rings. The van der Waals surface area contributed by atoms with Crippen molar-refractivity contribution in [3.05, 3.63) is 0 Å². The van der Waals surface area contributed by atoms with Crippen molar-refractivity contribution in [2.24, 2.45) is 11.8 Å². The largest absolute Gasteiger partial charge is 0.444 e. The molecule has 2 aliphatic carbocycles. The van der Waals surface area contributed by atoms with Gasteiger partial charge in [-0.15, -0.1) is 0 Å². The second-order valence-corrected chi connectivity index (χ2v) is 8.80. The van der Waals surface area contributed by atoms with Crippen LogP contribution in [-0.2, 0) is 4.74 Å². The molecule has 1 amide bonds. The van der Waals surface area contributed by atoms with Crippen LogP contribution in [0.25, 0.3) is 0 Å². The molecule has 0 aromatic heterocycles. The number of nitrogens with one attached hydrogen (secondary N) is 2. The fourth-order valence-corrected chi connectivity index (χ4v) is 4.16. The molecule has 2 saturated carbocycles. The topological polar surface area (TPSA) is 50.4 Å². The zero-order valence-electron chi connectivity index (χ0n) is 16.0. The third kappa shape index (κ3) is 7.42. The fourth-order valence-electron chi connectivity index (χ4n) is 4.16. The van der Waals surface area contributed by atoms with E-state index in [2.05, 4.69) is 10.6 Å². The minimum atomic E-state index is -0.430. The van der Waals surface area contributed by atoms with Crippen LogP contribution in [0, 0.1) is 11.8 Å². The Kier molecular flexibility index (Phi) is 7.86. The van der Waals surface area contributed by atoms with Crippen molar-refractivity contribution in [2.45, 2.75) is 96.6 Å². The van der Waals surface area contributed by atoms with Crippen LogP contribution in [0.4, 0.5) is 4.79 Å². The molecule has 2 fully saturated rings. The molecule has 24 heavy (non-hydrogen) atoms. The summed E-state index contributed by atoms with van der Waals surface area (Å²) in [6, 6.07) is 0.392. The maximum absolute atomic E-state index is 12.0. The van der Waals surface area contributed by atoms with Crippen LogP contribution in [0.2, 0.25) is 0 Å². The van der Waals surface area contributed by atoms with Gasteiger partial charge in [0, 0.05) is 12.6 Å². The molecule has 2 rings (SSSR count). The van der Waals surface area contributed by atoms with Crippen molar-refractivity contribution in [1.82, 2.24) is 10.6 Å². The fraction of sp³-hybridized carbons (Fsp3) is 0.950. The lowest BCUT2D eigenvalue weighted by molar-refractivity contribution is 0.0517. The van der Waals surface area contributed by atoms with Gasteiger partial charge in [0.15, 0.2) is 0 Å². The Bertz CT molecular complexity index is 364. The quantitative estimate of drug-likeness (QED) is 0.694. The number of carbonyl (C=O) groups is 1. The molecule has 140 valence electrons. The van der Waals surface area contributed by atoms with E-state index in [0.717, 1.165) is 12.5 Å². The molecular weight excluding hydrogens is 300 g/mol. The number of hydrogen-bond acceptors (Lipinski definition) is 3. The average molecular weight is 339 g/mol. The Labute approximate surface area is 148 Å². The number of hydrogen-bond donors (Lipinski definition) is 2. The van der Waals surface area contributed by atoms with E-state index in [-0.39, 0.29) is 6.09 Å². The first-order chi connectivity index (χ1) is 11.4. The highest BCUT2D eigenvalue weighted by atomic mass is 16.6. The van der Waals surface area contributed by atoms with Crippen molar-refractivity contribution >= 4 is 6.09 Å². The second-order valence-electron chi connectivity index (χ2n) is 8.80. The molecule has 1 atom stereocenters. The van der Waals surface area contributed by atoms with Crippen molar-refractivity contribution < 1.29 is 9.53 Å². The molecular formula is C20H38N2O2. The van der Waals surface area contributed by atoms with Crippen LogP contribution in [0.5, 0.6) is 0 Å². The summed E-state index contributed by atoms with van der Waals surface area (Å²) in [4.78, 5) is 12.0. The van der Waals surface area contributed by atoms with Gasteiger partial charge in [-0.05, 0) is 64.8 Å². The van der Waals surface area contributed by atoms with Crippen LogP contribution >= 0.6 is 0 Å². The van der Waals surface area contributed by atoms with Gasteiger partial charge in [-0.2, -0.15) is 0 Å². The molecule has 0 spiro atoms. The number of alkyl carbamates (subject to hydrolysis) is 1. The van der Waals surface area contributed by atoms with Crippen molar-refractivity contribution in [3.63, 3.8) is 0 Å². The van der Waals surface area contributed by atoms with Gasteiger partial charge in [-0.3, -0.25) is 0 Å². The summed E-state index contributed by atoms with van der Waals surface area (Å²) in [5.74, 6) is 1.52. The molecule has 0 aliphatic heterocycles. The van der Waals surface area contributed by atoms with Gasteiger partial charge in [0.2, 0.25) is 0 Å². The summed E-state index contributed by atoms with van der Waals surface area (Å²) in [6.45, 7) is 7.52. The Hall–Kier alpha value is -0.770. The SMILES string of the molecule is CC(C)(C)OC(=O)NCC(NCC1CCCCCC1)C1CCCC1. The summed E-state index contributed by atoms with van der Waals surface area (Å²) in [6.07, 6.45) is 13.3. The zero-order chi connectivity index (χ0) is 17.4. The maximum Gasteiger partial charge on any atom is 0.407 e. The summed E-state index contributed by atoms with van der Waals surface area (Å²) in [5, 5.41) is 6.80. The van der Waals surface area contributed by atoms with E-state index in [1.54, 1.807) is 0 Å². The van der Waals surface area contributed by atoms with Gasteiger partial charge in [0.05, 0.1) is 0 Å². The van der Waals surface area contributed by atoms with E-state index >= 15 is 0 Å². The Morgan fingerprint density at radius 1 is 1.00 bits per heavy atom. The highest BCUT2D eigenvalue weighted by molar-refractivity contribution is 5.67. The van der Waals surface area contributed by atoms with E-state index in [4.69, 9.17) is 4.74 Å². The number of ether oxygens (including phenoxy) is 1. The van der Waals surface area contributed by atoms with Crippen molar-refractivity contribution in [1.29, 1.82) is 0 Å². The van der Waals surface area contributed by atoms with Crippen molar-refractivity contribution in [3.8, 4) is 0 Å². The van der Waals surface area contributed by atoms with Gasteiger partial charge in [0.1, 0.15) is 5.60 Å². The monoisotopic (exact) mass is 338 g/mol. The molecule has 4 nitrogen and oxygen atoms in total. The molecule has 0 radical (unpaired) electrons. The normalized spacial score (nSPS) is 22.1. The molecule has 0 saturated heterocycles. The van der Waals surface area contributed by atoms with Crippen LogP contribution < -0.4 is 10.6 Å². The van der Waals surface area contributed by atoms with E-state index < -0.39 is 5.60 Å². The lowest BCUT2D eigenvalue weighted by Crippen LogP contribution is -2.47. The molecule has 4 heteroatoms. The first-order valence-corrected chi connectivity index (χ1v) is 10.1. The highest BCUT2D eigenvalue weighted by Gasteiger charge is 2.26. The second kappa shape index (κ2) is 9.65. The van der Waals surface area contributed by atoms with Gasteiger partial charge in [-0.25, -0.2) is 4.79 Å². The van der Waals surface area contributed by atoms with Crippen LogP contribution in [0.3, 0.4) is 0 Å². The number of rotatable bonds is 6. The Balaban J connectivity index is 1.79. The molecule has 0 aromatic carbocycles. The zero-order valence-corrected chi connectivity index (χ0v) is 16.0. The third-order valence-electron chi connectivity index (χ3n) is 5.48. The van der Waals surface area contributed by atoms with Gasteiger partial charge in [-0.1, -0.05) is 38.5 Å². The van der Waals surface area contributed by atoms with E-state index in [1.807, 2.05) is 20.8 Å². The molecule has 2 N–H and O–H groups in total. The van der Waals surface area contributed by atoms with Gasteiger partial charge < -0.3 is 15.4 Å². The number of amides is 1. The minimum Gasteiger partial charge on any atom is -0.444 e. The minimum absolute atomic E-state index is 0.290. The third-order valence-corrected chi connectivity index (χ3v) is 5.48. The predicted molar refractivity (Wildman–Crippen MR) is 99.2 cm³/mol. The lowest BCUT2D eigenvalue weighted by atomic mass is 9.95. The van der Waals surface area contributed by atoms with Crippen LogP contribution in [0.1, 0.15) is 85.0 Å². The van der Waals surface area contributed by atoms with E-state index in [9.17, 15) is 4.79 Å². The Morgan fingerprint density at radius 2 is 1.58 bits per heavy atom. The van der Waals surface area contributed by atoms with Crippen molar-refractivity contribution in [2.75, 3.05) is 13.1 Å². The van der Waals surface area contributed by atoms with E-state index in [1.165, 1.54) is 64.2 Å². The molecule has 0 bridgehead atoms. The van der Waals surface area contributed by atoms with E-state index in [0.29, 0.717) is 18.5 Å². The van der Waals surface area contributed by atoms with Crippen LogP contribution in [0.15, 0.2) is 0 Å². The molecule has 2 aliphatic rings. The summed E-state index contributed by atoms with van der Waals surface area (Å²) < 4.78 is 5.38. The molecule has 0 heterocycles. The molecule has 1 unspecified atom stereocenters. The number of carbonyl (C=O) groups excluding carboxylic acids is 1. The summed E-state index contributed by atoms with van der Waals surface area (Å²) in [7, 11) is 0. The van der Waals surface area contributed by atoms with Gasteiger partial charge >= 0.3 is 6.09 Å². The average Bonchev–Trinajstić information content (AvgIpc) is 2.89. The maximum atomic E-state index is 12.0. The predicted octanol–water partition coefficient (Wildman–Crippen LogP) is 4.63. The highest BCUT2D eigenvalue weighted by Crippen LogP contribution is 2.28. The lowest BCUT2D eigenvalue weighted by Gasteiger charge is -2.28. The van der Waals surface area contributed by atoms with Crippen LogP contribution in [-0.4, -0.2) is 30.8 Å². The van der Waals surface area contributed by atoms with Gasteiger partial charge in [0.25, 0.3) is 0 Å².